The predicted octanol–water partition coefficient (Wildman–Crippen LogP) is 6.88. The molecule has 0 spiro atoms. The molecule has 0 bridgehead atoms. The lowest BCUT2D eigenvalue weighted by Gasteiger charge is -2.57. The Morgan fingerprint density at radius 2 is 1.88 bits per heavy atom. The van der Waals surface area contributed by atoms with Crippen LogP contribution in [0.3, 0.4) is 0 Å². The van der Waals surface area contributed by atoms with Gasteiger partial charge in [-0.05, 0) is 98.2 Å². The summed E-state index contributed by atoms with van der Waals surface area (Å²) in [6, 6.07) is 4.31. The smallest absolute Gasteiger partial charge is 0.410 e. The molecular formula is C29H40N2O2. The number of carbonyl (C=O) groups is 1. The molecule has 0 saturated heterocycles. The molecule has 1 aromatic rings. The minimum absolute atomic E-state index is 0.0353. The second-order valence-electron chi connectivity index (χ2n) is 11.2. The van der Waals surface area contributed by atoms with E-state index < -0.39 is 0 Å². The third kappa shape index (κ3) is 3.65. The van der Waals surface area contributed by atoms with Gasteiger partial charge in [0.1, 0.15) is 6.10 Å². The van der Waals surface area contributed by atoms with Crippen LogP contribution in [0.4, 0.5) is 4.79 Å². The van der Waals surface area contributed by atoms with E-state index >= 15 is 0 Å². The first-order chi connectivity index (χ1) is 15.9. The lowest BCUT2D eigenvalue weighted by Crippen LogP contribution is -2.50. The molecule has 0 radical (unpaired) electrons. The van der Waals surface area contributed by atoms with Crippen molar-refractivity contribution in [2.24, 2.45) is 28.6 Å². The molecule has 178 valence electrons. The molecule has 5 rings (SSSR count). The molecule has 2 saturated carbocycles. The normalized spacial score (nSPS) is 37.2. The summed E-state index contributed by atoms with van der Waals surface area (Å²) < 4.78 is 5.95. The van der Waals surface area contributed by atoms with E-state index in [1.54, 1.807) is 10.5 Å². The highest BCUT2D eigenvalue weighted by molar-refractivity contribution is 5.72. The number of allylic oxidation sites excluding steroid dienone is 3. The largest absolute Gasteiger partial charge is 0.446 e. The SMILES string of the molecule is CCN(CC)C(=O)O[C@H]1CC[C@@]2(C)C(=CC[C@@H]3[C@@H]2CC[C@]2(C)C(c4cccnc4)=CC[C@@H]32)C1. The Balaban J connectivity index is 1.33. The summed E-state index contributed by atoms with van der Waals surface area (Å²) in [7, 11) is 0. The zero-order valence-electron chi connectivity index (χ0n) is 20.8. The van der Waals surface area contributed by atoms with Crippen molar-refractivity contribution in [1.29, 1.82) is 0 Å². The molecule has 4 nitrogen and oxygen atoms in total. The average Bonchev–Trinajstić information content (AvgIpc) is 3.18. The molecule has 4 aliphatic carbocycles. The Hall–Kier alpha value is -2.10. The number of ether oxygens (including phenoxy) is 1. The first-order valence-electron chi connectivity index (χ1n) is 13.2. The fourth-order valence-corrected chi connectivity index (χ4v) is 7.96. The van der Waals surface area contributed by atoms with Gasteiger partial charge in [-0.3, -0.25) is 4.98 Å². The van der Waals surface area contributed by atoms with E-state index in [1.165, 1.54) is 36.8 Å². The van der Waals surface area contributed by atoms with Crippen LogP contribution >= 0.6 is 0 Å². The Morgan fingerprint density at radius 1 is 1.09 bits per heavy atom. The number of nitrogens with zero attached hydrogens (tertiary/aromatic N) is 2. The van der Waals surface area contributed by atoms with Gasteiger partial charge in [-0.15, -0.1) is 0 Å². The molecule has 1 amide bonds. The zero-order valence-corrected chi connectivity index (χ0v) is 20.8. The van der Waals surface area contributed by atoms with E-state index in [0.717, 1.165) is 37.0 Å². The number of carbonyl (C=O) groups excluding carboxylic acids is 1. The van der Waals surface area contributed by atoms with Crippen LogP contribution in [0.15, 0.2) is 42.3 Å². The number of rotatable bonds is 4. The number of pyridine rings is 1. The minimum atomic E-state index is -0.142. The summed E-state index contributed by atoms with van der Waals surface area (Å²) in [5.41, 5.74) is 4.94. The van der Waals surface area contributed by atoms with Gasteiger partial charge < -0.3 is 9.64 Å². The molecule has 2 fully saturated rings. The molecule has 1 aromatic heterocycles. The van der Waals surface area contributed by atoms with Gasteiger partial charge in [0.25, 0.3) is 0 Å². The average molecular weight is 449 g/mol. The maximum absolute atomic E-state index is 12.5. The lowest BCUT2D eigenvalue weighted by atomic mass is 9.47. The Kier molecular flexibility index (Phi) is 5.91. The standard InChI is InChI=1S/C29H40N2O2/c1-5-31(6-2)27(32)33-22-13-15-28(3)21(18-22)9-10-23-25-12-11-24(20-8-7-17-30-19-20)29(25,4)16-14-26(23)28/h7-9,11,17,19,22-23,25-26H,5-6,10,12-16,18H2,1-4H3/t22-,23-,25-,26-,28-,29+/m0/s1. The van der Waals surface area contributed by atoms with Gasteiger partial charge in [0.05, 0.1) is 0 Å². The topological polar surface area (TPSA) is 42.4 Å². The summed E-state index contributed by atoms with van der Waals surface area (Å²) in [6.07, 6.45) is 16.9. The number of hydrogen-bond donors (Lipinski definition) is 0. The highest BCUT2D eigenvalue weighted by atomic mass is 16.6. The van der Waals surface area contributed by atoms with E-state index in [2.05, 4.69) is 43.1 Å². The van der Waals surface area contributed by atoms with Gasteiger partial charge in [-0.2, -0.15) is 0 Å². The van der Waals surface area contributed by atoms with Crippen LogP contribution in [-0.4, -0.2) is 35.2 Å². The summed E-state index contributed by atoms with van der Waals surface area (Å²) in [5.74, 6) is 2.22. The molecule has 0 aromatic carbocycles. The molecule has 33 heavy (non-hydrogen) atoms. The first-order valence-corrected chi connectivity index (χ1v) is 13.2. The van der Waals surface area contributed by atoms with E-state index in [9.17, 15) is 4.79 Å². The Morgan fingerprint density at radius 3 is 2.61 bits per heavy atom. The van der Waals surface area contributed by atoms with Crippen molar-refractivity contribution in [3.63, 3.8) is 0 Å². The molecule has 6 atom stereocenters. The summed E-state index contributed by atoms with van der Waals surface area (Å²) in [5, 5.41) is 0. The second kappa shape index (κ2) is 8.60. The number of hydrogen-bond acceptors (Lipinski definition) is 3. The van der Waals surface area contributed by atoms with Crippen molar-refractivity contribution in [3.8, 4) is 0 Å². The quantitative estimate of drug-likeness (QED) is 0.471. The molecule has 1 heterocycles. The number of aromatic nitrogens is 1. The highest BCUT2D eigenvalue weighted by Crippen LogP contribution is 2.66. The van der Waals surface area contributed by atoms with Crippen LogP contribution in [0.2, 0.25) is 0 Å². The van der Waals surface area contributed by atoms with Gasteiger partial charge in [0.2, 0.25) is 0 Å². The van der Waals surface area contributed by atoms with Gasteiger partial charge in [0, 0.05) is 31.9 Å². The molecule has 0 N–H and O–H groups in total. The maximum atomic E-state index is 12.5. The van der Waals surface area contributed by atoms with Crippen LogP contribution in [0.1, 0.15) is 78.2 Å². The van der Waals surface area contributed by atoms with E-state index in [4.69, 9.17) is 4.74 Å². The molecule has 4 aliphatic rings. The zero-order chi connectivity index (χ0) is 23.2. The van der Waals surface area contributed by atoms with Crippen LogP contribution in [0, 0.1) is 28.6 Å². The number of amides is 1. The van der Waals surface area contributed by atoms with Crippen molar-refractivity contribution >= 4 is 11.7 Å². The lowest BCUT2D eigenvalue weighted by molar-refractivity contribution is -0.0291. The van der Waals surface area contributed by atoms with E-state index in [0.29, 0.717) is 13.1 Å². The second-order valence-corrected chi connectivity index (χ2v) is 11.2. The maximum Gasteiger partial charge on any atom is 0.410 e. The molecular weight excluding hydrogens is 408 g/mol. The molecule has 0 aliphatic heterocycles. The van der Waals surface area contributed by atoms with Gasteiger partial charge in [-0.25, -0.2) is 4.79 Å². The van der Waals surface area contributed by atoms with Crippen LogP contribution in [0.25, 0.3) is 5.57 Å². The Labute approximate surface area is 199 Å². The molecule has 0 unspecified atom stereocenters. The van der Waals surface area contributed by atoms with Gasteiger partial charge in [0.15, 0.2) is 0 Å². The summed E-state index contributed by atoms with van der Waals surface area (Å²) in [6.45, 7) is 10.5. The predicted molar refractivity (Wildman–Crippen MR) is 132 cm³/mol. The Bertz CT molecular complexity index is 950. The van der Waals surface area contributed by atoms with Gasteiger partial charge >= 0.3 is 6.09 Å². The van der Waals surface area contributed by atoms with Crippen molar-refractivity contribution in [2.45, 2.75) is 78.7 Å². The third-order valence-corrected chi connectivity index (χ3v) is 9.90. The van der Waals surface area contributed by atoms with E-state index in [-0.39, 0.29) is 23.0 Å². The van der Waals surface area contributed by atoms with E-state index in [1.807, 2.05) is 26.2 Å². The summed E-state index contributed by atoms with van der Waals surface area (Å²) >= 11 is 0. The first kappa shape index (κ1) is 22.7. The van der Waals surface area contributed by atoms with Crippen LogP contribution in [0.5, 0.6) is 0 Å². The molecule has 4 heteroatoms. The van der Waals surface area contributed by atoms with Crippen molar-refractivity contribution in [2.75, 3.05) is 13.1 Å². The highest BCUT2D eigenvalue weighted by Gasteiger charge is 2.57. The van der Waals surface area contributed by atoms with Gasteiger partial charge in [-0.1, -0.05) is 37.6 Å². The summed E-state index contributed by atoms with van der Waals surface area (Å²) in [4.78, 5) is 18.7. The van der Waals surface area contributed by atoms with Crippen LogP contribution < -0.4 is 0 Å². The fraction of sp³-hybridized carbons (Fsp3) is 0.655. The fourth-order valence-electron chi connectivity index (χ4n) is 7.96. The van der Waals surface area contributed by atoms with Crippen LogP contribution in [-0.2, 0) is 4.74 Å². The van der Waals surface area contributed by atoms with Crippen molar-refractivity contribution in [3.05, 3.63) is 47.8 Å². The number of fused-ring (bicyclic) bond motifs is 5. The minimum Gasteiger partial charge on any atom is -0.446 e. The van der Waals surface area contributed by atoms with Crippen molar-refractivity contribution in [1.82, 2.24) is 9.88 Å². The van der Waals surface area contributed by atoms with Crippen molar-refractivity contribution < 1.29 is 9.53 Å². The monoisotopic (exact) mass is 448 g/mol. The third-order valence-electron chi connectivity index (χ3n) is 9.90.